The minimum absolute atomic E-state index is 0.0695. The van der Waals surface area contributed by atoms with E-state index in [0.29, 0.717) is 10.6 Å². The average Bonchev–Trinajstić information content (AvgIpc) is 2.56. The molecule has 16 heavy (non-hydrogen) atoms. The van der Waals surface area contributed by atoms with Gasteiger partial charge in [0.25, 0.3) is 5.91 Å². The van der Waals surface area contributed by atoms with Crippen LogP contribution in [0, 0.1) is 6.92 Å². The largest absolute Gasteiger partial charge is 0.397 e. The van der Waals surface area contributed by atoms with Crippen molar-refractivity contribution in [2.45, 2.75) is 6.92 Å². The van der Waals surface area contributed by atoms with E-state index in [2.05, 4.69) is 4.98 Å². The van der Waals surface area contributed by atoms with Crippen LogP contribution in [0.15, 0.2) is 12.3 Å². The fourth-order valence-electron chi connectivity index (χ4n) is 1.57. The van der Waals surface area contributed by atoms with Crippen molar-refractivity contribution in [2.75, 3.05) is 19.8 Å². The van der Waals surface area contributed by atoms with Gasteiger partial charge in [-0.25, -0.2) is 4.98 Å². The Morgan fingerprint density at radius 1 is 1.50 bits per heavy atom. The highest BCUT2D eigenvalue weighted by atomic mass is 32.1. The number of nitrogen functional groups attached to an aromatic ring is 1. The van der Waals surface area contributed by atoms with Gasteiger partial charge in [-0.2, -0.15) is 0 Å². The molecule has 0 saturated carbocycles. The summed E-state index contributed by atoms with van der Waals surface area (Å²) in [4.78, 5) is 19.0. The van der Waals surface area contributed by atoms with Crippen LogP contribution in [0.2, 0.25) is 0 Å². The third-order valence-electron chi connectivity index (χ3n) is 2.44. The lowest BCUT2D eigenvalue weighted by Crippen LogP contribution is -2.21. The van der Waals surface area contributed by atoms with Crippen LogP contribution in [0.4, 0.5) is 5.69 Å². The lowest BCUT2D eigenvalue weighted by atomic mass is 10.2. The summed E-state index contributed by atoms with van der Waals surface area (Å²) in [6.07, 6.45) is 1.73. The van der Waals surface area contributed by atoms with Crippen molar-refractivity contribution < 1.29 is 4.79 Å². The second-order valence-electron chi connectivity index (χ2n) is 3.85. The second-order valence-corrected chi connectivity index (χ2v) is 4.85. The fraction of sp³-hybridized carbons (Fsp3) is 0.273. The molecule has 2 rings (SSSR count). The third-order valence-corrected chi connectivity index (χ3v) is 3.54. The van der Waals surface area contributed by atoms with E-state index in [-0.39, 0.29) is 5.91 Å². The number of fused-ring (bicyclic) bond motifs is 1. The Hall–Kier alpha value is -1.62. The number of rotatable bonds is 1. The summed E-state index contributed by atoms with van der Waals surface area (Å²) >= 11 is 1.35. The number of nitrogens with two attached hydrogens (primary N) is 1. The van der Waals surface area contributed by atoms with Crippen LogP contribution in [0.1, 0.15) is 15.2 Å². The van der Waals surface area contributed by atoms with Gasteiger partial charge in [0.1, 0.15) is 9.71 Å². The van der Waals surface area contributed by atoms with Crippen molar-refractivity contribution in [3.63, 3.8) is 0 Å². The SMILES string of the molecule is Cc1ccnc2sc(C(=O)N(C)C)c(N)c12. The molecular weight excluding hydrogens is 222 g/mol. The summed E-state index contributed by atoms with van der Waals surface area (Å²) in [5, 5.41) is 0.901. The monoisotopic (exact) mass is 235 g/mol. The summed E-state index contributed by atoms with van der Waals surface area (Å²) in [5.74, 6) is -0.0695. The fourth-order valence-corrected chi connectivity index (χ4v) is 2.73. The Morgan fingerprint density at radius 3 is 2.75 bits per heavy atom. The molecule has 0 fully saturated rings. The summed E-state index contributed by atoms with van der Waals surface area (Å²) in [7, 11) is 3.43. The predicted molar refractivity (Wildman–Crippen MR) is 66.8 cm³/mol. The lowest BCUT2D eigenvalue weighted by molar-refractivity contribution is 0.0833. The zero-order valence-electron chi connectivity index (χ0n) is 9.44. The summed E-state index contributed by atoms with van der Waals surface area (Å²) in [5.41, 5.74) is 7.60. The van der Waals surface area contributed by atoms with Gasteiger partial charge in [-0.3, -0.25) is 4.79 Å². The highest BCUT2D eigenvalue weighted by molar-refractivity contribution is 7.21. The van der Waals surface area contributed by atoms with Crippen LogP contribution in [-0.2, 0) is 0 Å². The van der Waals surface area contributed by atoms with E-state index in [1.165, 1.54) is 16.2 Å². The molecule has 2 aromatic rings. The molecule has 0 aromatic carbocycles. The molecule has 0 atom stereocenters. The van der Waals surface area contributed by atoms with Gasteiger partial charge in [0.05, 0.1) is 5.69 Å². The Balaban J connectivity index is 2.70. The first kappa shape index (κ1) is 10.9. The van der Waals surface area contributed by atoms with Gasteiger partial charge in [-0.1, -0.05) is 0 Å². The first-order valence-electron chi connectivity index (χ1n) is 4.87. The molecule has 2 N–H and O–H groups in total. The molecule has 0 aliphatic heterocycles. The molecule has 0 aliphatic rings. The number of hydrogen-bond acceptors (Lipinski definition) is 4. The Morgan fingerprint density at radius 2 is 2.19 bits per heavy atom. The van der Waals surface area contributed by atoms with Gasteiger partial charge >= 0.3 is 0 Å². The molecular formula is C11H13N3OS. The van der Waals surface area contributed by atoms with Crippen LogP contribution in [0.3, 0.4) is 0 Å². The maximum Gasteiger partial charge on any atom is 0.265 e. The van der Waals surface area contributed by atoms with E-state index >= 15 is 0 Å². The van der Waals surface area contributed by atoms with Gasteiger partial charge < -0.3 is 10.6 Å². The minimum Gasteiger partial charge on any atom is -0.397 e. The highest BCUT2D eigenvalue weighted by Crippen LogP contribution is 2.34. The number of hydrogen-bond donors (Lipinski definition) is 1. The Labute approximate surface area is 97.7 Å². The van der Waals surface area contributed by atoms with E-state index in [9.17, 15) is 4.79 Å². The summed E-state index contributed by atoms with van der Waals surface area (Å²) in [6.45, 7) is 1.97. The van der Waals surface area contributed by atoms with Crippen molar-refractivity contribution in [1.82, 2.24) is 9.88 Å². The zero-order valence-corrected chi connectivity index (χ0v) is 10.3. The first-order valence-corrected chi connectivity index (χ1v) is 5.69. The van der Waals surface area contributed by atoms with Crippen LogP contribution < -0.4 is 5.73 Å². The van der Waals surface area contributed by atoms with Gasteiger partial charge in [0, 0.05) is 25.7 Å². The molecule has 5 heteroatoms. The molecule has 0 spiro atoms. The molecule has 2 aromatic heterocycles. The van der Waals surface area contributed by atoms with E-state index < -0.39 is 0 Å². The van der Waals surface area contributed by atoms with Gasteiger partial charge in [0.2, 0.25) is 0 Å². The highest BCUT2D eigenvalue weighted by Gasteiger charge is 2.19. The van der Waals surface area contributed by atoms with Crippen molar-refractivity contribution in [1.29, 1.82) is 0 Å². The van der Waals surface area contributed by atoms with Crippen LogP contribution in [0.25, 0.3) is 10.2 Å². The molecule has 0 saturated heterocycles. The number of amides is 1. The van der Waals surface area contributed by atoms with Gasteiger partial charge in [-0.15, -0.1) is 11.3 Å². The van der Waals surface area contributed by atoms with Crippen molar-refractivity contribution in [3.8, 4) is 0 Å². The maximum absolute atomic E-state index is 11.9. The molecule has 0 aliphatic carbocycles. The summed E-state index contributed by atoms with van der Waals surface area (Å²) < 4.78 is 0. The zero-order chi connectivity index (χ0) is 11.9. The Kier molecular flexibility index (Phi) is 2.55. The molecule has 0 radical (unpaired) electrons. The quantitative estimate of drug-likeness (QED) is 0.821. The second kappa shape index (κ2) is 3.75. The van der Waals surface area contributed by atoms with Crippen LogP contribution >= 0.6 is 11.3 Å². The number of pyridine rings is 1. The Bertz CT molecular complexity index is 560. The normalized spacial score (nSPS) is 10.7. The van der Waals surface area contributed by atoms with Crippen LogP contribution in [-0.4, -0.2) is 29.9 Å². The molecule has 2 heterocycles. The predicted octanol–water partition coefficient (Wildman–Crippen LogP) is 1.89. The minimum atomic E-state index is -0.0695. The van der Waals surface area contributed by atoms with Gasteiger partial charge in [0.15, 0.2) is 0 Å². The van der Waals surface area contributed by atoms with Crippen molar-refractivity contribution in [2.24, 2.45) is 0 Å². The first-order chi connectivity index (χ1) is 7.52. The standard InChI is InChI=1S/C11H13N3OS/c1-6-4-5-13-10-7(6)8(12)9(16-10)11(15)14(2)3/h4-5H,12H2,1-3H3. The number of carbonyl (C=O) groups excluding carboxylic acids is 1. The molecule has 0 bridgehead atoms. The molecule has 0 unspecified atom stereocenters. The van der Waals surface area contributed by atoms with Gasteiger partial charge in [-0.05, 0) is 18.6 Å². The van der Waals surface area contributed by atoms with E-state index in [1.54, 1.807) is 20.3 Å². The van der Waals surface area contributed by atoms with E-state index in [4.69, 9.17) is 5.73 Å². The number of nitrogens with zero attached hydrogens (tertiary/aromatic N) is 2. The number of aryl methyl sites for hydroxylation is 1. The van der Waals surface area contributed by atoms with E-state index in [0.717, 1.165) is 15.8 Å². The topological polar surface area (TPSA) is 59.2 Å². The third kappa shape index (κ3) is 1.53. The number of aromatic nitrogens is 1. The van der Waals surface area contributed by atoms with Crippen molar-refractivity contribution in [3.05, 3.63) is 22.7 Å². The van der Waals surface area contributed by atoms with Crippen molar-refractivity contribution >= 4 is 33.1 Å². The molecule has 1 amide bonds. The summed E-state index contributed by atoms with van der Waals surface area (Å²) in [6, 6.07) is 1.90. The maximum atomic E-state index is 11.9. The number of carbonyl (C=O) groups is 1. The number of thiophene rings is 1. The number of anilines is 1. The molecule has 84 valence electrons. The average molecular weight is 235 g/mol. The lowest BCUT2D eigenvalue weighted by Gasteiger charge is -2.08. The van der Waals surface area contributed by atoms with Crippen LogP contribution in [0.5, 0.6) is 0 Å². The van der Waals surface area contributed by atoms with E-state index in [1.807, 2.05) is 13.0 Å². The molecule has 4 nitrogen and oxygen atoms in total. The smallest absolute Gasteiger partial charge is 0.265 e.